The second-order valence-corrected chi connectivity index (χ2v) is 24.4. The Labute approximate surface area is 193 Å². The largest absolute Gasteiger partial charge is 0.413 e. The predicted octanol–water partition coefficient (Wildman–Crippen LogP) is 5.82. The van der Waals surface area contributed by atoms with Gasteiger partial charge in [-0.05, 0) is 43.2 Å². The average molecular weight is 516 g/mol. The molecule has 30 heavy (non-hydrogen) atoms. The van der Waals surface area contributed by atoms with Gasteiger partial charge in [-0.25, -0.2) is 13.4 Å². The summed E-state index contributed by atoms with van der Waals surface area (Å²) in [6.07, 6.45) is 0. The highest BCUT2D eigenvalue weighted by atomic mass is 35.7. The van der Waals surface area contributed by atoms with Gasteiger partial charge in [-0.2, -0.15) is 0 Å². The molecule has 176 valence electrons. The van der Waals surface area contributed by atoms with E-state index in [0.717, 1.165) is 11.3 Å². The zero-order chi connectivity index (χ0) is 24.0. The number of nitrogens with zero attached hydrogens (tertiary/aromatic N) is 1. The monoisotopic (exact) mass is 515 g/mol. The number of hydrogen-bond acceptors (Lipinski definition) is 7. The highest BCUT2D eigenvalue weighted by Crippen LogP contribution is 2.40. The first kappa shape index (κ1) is 28.2. The van der Waals surface area contributed by atoms with Gasteiger partial charge in [-0.3, -0.25) is 0 Å². The van der Waals surface area contributed by atoms with Crippen molar-refractivity contribution in [2.75, 3.05) is 6.61 Å². The third kappa shape index (κ3) is 6.84. The molecule has 1 unspecified atom stereocenters. The minimum absolute atomic E-state index is 0.0151. The zero-order valence-electron chi connectivity index (χ0n) is 20.1. The lowest BCUT2D eigenvalue weighted by atomic mass is 10.1. The van der Waals surface area contributed by atoms with Crippen LogP contribution in [0.1, 0.15) is 59.2 Å². The molecule has 0 aliphatic heterocycles. The molecule has 1 N–H and O–H groups in total. The third-order valence-corrected chi connectivity index (χ3v) is 18.7. The minimum Gasteiger partial charge on any atom is -0.413 e. The van der Waals surface area contributed by atoms with E-state index in [1.165, 1.54) is 0 Å². The van der Waals surface area contributed by atoms with E-state index < -0.39 is 31.3 Å². The molecule has 6 nitrogen and oxygen atoms in total. The minimum atomic E-state index is -4.02. The fourth-order valence-corrected chi connectivity index (χ4v) is 6.32. The van der Waals surface area contributed by atoms with Gasteiger partial charge >= 0.3 is 0 Å². The third-order valence-electron chi connectivity index (χ3n) is 6.24. The van der Waals surface area contributed by atoms with Gasteiger partial charge in [-0.1, -0.05) is 41.5 Å². The van der Waals surface area contributed by atoms with Crippen molar-refractivity contribution in [2.24, 2.45) is 0 Å². The van der Waals surface area contributed by atoms with Gasteiger partial charge in [0.1, 0.15) is 10.6 Å². The van der Waals surface area contributed by atoms with Crippen molar-refractivity contribution in [1.29, 1.82) is 0 Å². The van der Waals surface area contributed by atoms with Gasteiger partial charge in [0.25, 0.3) is 9.05 Å². The first-order valence-corrected chi connectivity index (χ1v) is 18.9. The normalized spacial score (nSPS) is 16.6. The van der Waals surface area contributed by atoms with Gasteiger partial charge < -0.3 is 14.0 Å². The molecule has 1 aromatic heterocycles. The molecule has 0 spiro atoms. The quantitative estimate of drug-likeness (QED) is 0.346. The molecule has 1 rings (SSSR count). The van der Waals surface area contributed by atoms with Crippen LogP contribution in [0.2, 0.25) is 36.3 Å². The summed E-state index contributed by atoms with van der Waals surface area (Å²) in [5, 5.41) is 11.3. The SMILES string of the molecule is CC(O)(CO[Si](C)(C)C(C)(C)C)c1nc(CO[Si](C)(C)C(C)(C)C)c(S(=O)(=O)Cl)s1. The molecule has 0 fully saturated rings. The summed E-state index contributed by atoms with van der Waals surface area (Å²) in [6, 6.07) is 0. The number of hydrogen-bond donors (Lipinski definition) is 1. The first-order valence-electron chi connectivity index (χ1n) is 9.96. The molecule has 0 amide bonds. The van der Waals surface area contributed by atoms with Crippen LogP contribution in [0.4, 0.5) is 0 Å². The van der Waals surface area contributed by atoms with E-state index in [-0.39, 0.29) is 38.2 Å². The highest BCUT2D eigenvalue weighted by Gasteiger charge is 2.41. The van der Waals surface area contributed by atoms with Crippen LogP contribution in [-0.4, -0.2) is 41.7 Å². The van der Waals surface area contributed by atoms with Gasteiger partial charge in [0, 0.05) is 10.7 Å². The number of aliphatic hydroxyl groups is 1. The van der Waals surface area contributed by atoms with E-state index in [4.69, 9.17) is 19.5 Å². The van der Waals surface area contributed by atoms with E-state index in [9.17, 15) is 13.5 Å². The van der Waals surface area contributed by atoms with Gasteiger partial charge in [-0.15, -0.1) is 11.3 Å². The summed E-state index contributed by atoms with van der Waals surface area (Å²) in [5.41, 5.74) is -1.20. The molecule has 0 radical (unpaired) electrons. The van der Waals surface area contributed by atoms with Crippen molar-refractivity contribution in [1.82, 2.24) is 4.98 Å². The number of halogens is 1. The van der Waals surface area contributed by atoms with Crippen LogP contribution >= 0.6 is 22.0 Å². The van der Waals surface area contributed by atoms with E-state index in [1.54, 1.807) is 6.92 Å². The Morgan fingerprint density at radius 1 is 0.967 bits per heavy atom. The fourth-order valence-electron chi connectivity index (χ4n) is 1.91. The topological polar surface area (TPSA) is 85.7 Å². The Balaban J connectivity index is 3.21. The molecule has 0 bridgehead atoms. The Kier molecular flexibility index (Phi) is 8.32. The molecular formula is C19H38ClNO5S2Si2. The van der Waals surface area contributed by atoms with E-state index in [2.05, 4.69) is 72.7 Å². The smallest absolute Gasteiger partial charge is 0.272 e. The molecule has 0 aliphatic rings. The van der Waals surface area contributed by atoms with Gasteiger partial charge in [0.2, 0.25) is 0 Å². The lowest BCUT2D eigenvalue weighted by Gasteiger charge is -2.38. The standard InChI is InChI=1S/C19H38ClNO5S2Si2/c1-17(2,3)29(8,9)25-12-14-15(28(20,23)24)27-16(21-14)19(7,22)13-26-30(10,11)18(4,5)6/h22H,12-13H2,1-11H3. The van der Waals surface area contributed by atoms with Crippen molar-refractivity contribution in [3.8, 4) is 0 Å². The molecular weight excluding hydrogens is 478 g/mol. The Hall–Kier alpha value is 0.184. The van der Waals surface area contributed by atoms with Crippen LogP contribution in [0.5, 0.6) is 0 Å². The molecule has 1 aromatic rings. The maximum absolute atomic E-state index is 12.1. The van der Waals surface area contributed by atoms with Crippen LogP contribution in [0.25, 0.3) is 0 Å². The van der Waals surface area contributed by atoms with Gasteiger partial charge in [0.05, 0.1) is 18.9 Å². The summed E-state index contributed by atoms with van der Waals surface area (Å²) >= 11 is 0.879. The van der Waals surface area contributed by atoms with Crippen LogP contribution in [0, 0.1) is 0 Å². The first-order chi connectivity index (χ1) is 13.0. The lowest BCUT2D eigenvalue weighted by molar-refractivity contribution is 0.00224. The van der Waals surface area contributed by atoms with Crippen LogP contribution < -0.4 is 0 Å². The average Bonchev–Trinajstić information content (AvgIpc) is 2.94. The Bertz CT molecular complexity index is 853. The van der Waals surface area contributed by atoms with Crippen molar-refractivity contribution < 1.29 is 22.4 Å². The van der Waals surface area contributed by atoms with E-state index in [0.29, 0.717) is 0 Å². The zero-order valence-corrected chi connectivity index (χ0v) is 24.5. The summed E-state index contributed by atoms with van der Waals surface area (Å²) in [5.74, 6) is 0. The van der Waals surface area contributed by atoms with Crippen molar-refractivity contribution in [3.63, 3.8) is 0 Å². The number of rotatable bonds is 8. The van der Waals surface area contributed by atoms with Crippen LogP contribution in [0.15, 0.2) is 4.21 Å². The summed E-state index contributed by atoms with van der Waals surface area (Å²) < 4.78 is 36.5. The van der Waals surface area contributed by atoms with E-state index >= 15 is 0 Å². The summed E-state index contributed by atoms with van der Waals surface area (Å²) in [4.78, 5) is 4.43. The number of thiazole rings is 1. The molecule has 11 heteroatoms. The fraction of sp³-hybridized carbons (Fsp3) is 0.842. The summed E-state index contributed by atoms with van der Waals surface area (Å²) in [7, 11) is -2.57. The molecule has 0 aliphatic carbocycles. The van der Waals surface area contributed by atoms with Crippen LogP contribution in [0.3, 0.4) is 0 Å². The molecule has 1 heterocycles. The second kappa shape index (κ2) is 8.85. The highest BCUT2D eigenvalue weighted by molar-refractivity contribution is 8.15. The number of aromatic nitrogens is 1. The van der Waals surface area contributed by atoms with Crippen molar-refractivity contribution in [2.45, 2.75) is 101 Å². The Morgan fingerprint density at radius 3 is 1.80 bits per heavy atom. The second-order valence-electron chi connectivity index (χ2n) is 11.1. The summed E-state index contributed by atoms with van der Waals surface area (Å²) in [6.45, 7) is 22.7. The predicted molar refractivity (Wildman–Crippen MR) is 130 cm³/mol. The molecule has 1 atom stereocenters. The molecule has 0 saturated carbocycles. The molecule has 0 saturated heterocycles. The van der Waals surface area contributed by atoms with Crippen molar-refractivity contribution >= 4 is 47.7 Å². The Morgan fingerprint density at radius 2 is 1.40 bits per heavy atom. The maximum atomic E-state index is 12.1. The van der Waals surface area contributed by atoms with Crippen molar-refractivity contribution in [3.05, 3.63) is 10.7 Å². The maximum Gasteiger partial charge on any atom is 0.272 e. The van der Waals surface area contributed by atoms with E-state index in [1.807, 2.05) is 0 Å². The lowest BCUT2D eigenvalue weighted by Crippen LogP contribution is -2.44. The van der Waals surface area contributed by atoms with Gasteiger partial charge in [0.15, 0.2) is 20.8 Å². The molecule has 0 aromatic carbocycles. The van der Waals surface area contributed by atoms with Crippen LogP contribution in [-0.2, 0) is 30.1 Å².